The Morgan fingerprint density at radius 3 is 2.33 bits per heavy atom. The summed E-state index contributed by atoms with van der Waals surface area (Å²) in [6, 6.07) is 0.772. The quantitative estimate of drug-likeness (QED) is 0.421. The van der Waals surface area contributed by atoms with E-state index in [2.05, 4.69) is 5.32 Å². The maximum Gasteiger partial charge on any atom is 0.164 e. The van der Waals surface area contributed by atoms with E-state index >= 15 is 0 Å². The van der Waals surface area contributed by atoms with Gasteiger partial charge in [-0.25, -0.2) is 0 Å². The van der Waals surface area contributed by atoms with Gasteiger partial charge in [-0.2, -0.15) is 0 Å². The van der Waals surface area contributed by atoms with E-state index in [4.69, 9.17) is 15.9 Å². The molecular formula is C8H18N2O2. The first kappa shape index (κ1) is 9.92. The molecule has 0 heterocycles. The van der Waals surface area contributed by atoms with E-state index in [0.717, 1.165) is 25.7 Å². The van der Waals surface area contributed by atoms with E-state index in [-0.39, 0.29) is 6.54 Å². The monoisotopic (exact) mass is 174 g/mol. The van der Waals surface area contributed by atoms with E-state index in [1.165, 1.54) is 0 Å². The average molecular weight is 174 g/mol. The lowest BCUT2D eigenvalue weighted by atomic mass is 9.92. The molecular weight excluding hydrogens is 156 g/mol. The lowest BCUT2D eigenvalue weighted by molar-refractivity contribution is -0.0395. The molecule has 1 saturated carbocycles. The molecule has 0 aromatic carbocycles. The van der Waals surface area contributed by atoms with Crippen molar-refractivity contribution in [2.45, 2.75) is 44.1 Å². The summed E-state index contributed by atoms with van der Waals surface area (Å²) in [5.74, 6) is 0. The van der Waals surface area contributed by atoms with Gasteiger partial charge in [-0.3, -0.25) is 0 Å². The van der Waals surface area contributed by atoms with Gasteiger partial charge in [-0.05, 0) is 25.7 Å². The Morgan fingerprint density at radius 1 is 1.25 bits per heavy atom. The summed E-state index contributed by atoms with van der Waals surface area (Å²) in [6.45, 7) is 0.264. The van der Waals surface area contributed by atoms with Crippen LogP contribution in [-0.4, -0.2) is 35.1 Å². The van der Waals surface area contributed by atoms with Crippen molar-refractivity contribution in [3.63, 3.8) is 0 Å². The molecule has 4 nitrogen and oxygen atoms in total. The van der Waals surface area contributed by atoms with Crippen molar-refractivity contribution in [1.29, 1.82) is 0 Å². The summed E-state index contributed by atoms with van der Waals surface area (Å²) in [4.78, 5) is 0. The van der Waals surface area contributed by atoms with Gasteiger partial charge in [0.05, 0.1) is 0 Å². The molecule has 0 radical (unpaired) electrons. The number of rotatable bonds is 3. The van der Waals surface area contributed by atoms with Crippen LogP contribution in [0.3, 0.4) is 0 Å². The maximum absolute atomic E-state index is 8.60. The Labute approximate surface area is 72.8 Å². The zero-order chi connectivity index (χ0) is 8.97. The van der Waals surface area contributed by atoms with Gasteiger partial charge >= 0.3 is 0 Å². The van der Waals surface area contributed by atoms with Crippen LogP contribution in [0.1, 0.15) is 25.7 Å². The second kappa shape index (κ2) is 4.77. The molecule has 4 heteroatoms. The summed E-state index contributed by atoms with van der Waals surface area (Å²) in [7, 11) is 0. The smallest absolute Gasteiger partial charge is 0.164 e. The highest BCUT2D eigenvalue weighted by Gasteiger charge is 2.17. The van der Waals surface area contributed by atoms with Gasteiger partial charge in [0, 0.05) is 18.6 Å². The van der Waals surface area contributed by atoms with Gasteiger partial charge < -0.3 is 21.3 Å². The minimum atomic E-state index is -1.24. The number of aliphatic hydroxyl groups is 2. The maximum atomic E-state index is 8.60. The highest BCUT2D eigenvalue weighted by Crippen LogP contribution is 2.16. The molecule has 1 aliphatic rings. The highest BCUT2D eigenvalue weighted by atomic mass is 16.5. The van der Waals surface area contributed by atoms with Crippen LogP contribution < -0.4 is 11.1 Å². The van der Waals surface area contributed by atoms with Crippen LogP contribution in [-0.2, 0) is 0 Å². The van der Waals surface area contributed by atoms with Gasteiger partial charge in [-0.1, -0.05) is 0 Å². The molecule has 0 amide bonds. The van der Waals surface area contributed by atoms with E-state index in [9.17, 15) is 0 Å². The fourth-order valence-corrected chi connectivity index (χ4v) is 1.60. The molecule has 5 N–H and O–H groups in total. The van der Waals surface area contributed by atoms with Crippen molar-refractivity contribution < 1.29 is 10.2 Å². The molecule has 0 aliphatic heterocycles. The Morgan fingerprint density at radius 2 is 1.83 bits per heavy atom. The number of hydrogen-bond donors (Lipinski definition) is 4. The second-order valence-corrected chi connectivity index (χ2v) is 3.50. The summed E-state index contributed by atoms with van der Waals surface area (Å²) in [5.41, 5.74) is 5.73. The lowest BCUT2D eigenvalue weighted by Gasteiger charge is -2.27. The summed E-state index contributed by atoms with van der Waals surface area (Å²) in [5, 5.41) is 20.3. The minimum absolute atomic E-state index is 0.264. The fourth-order valence-electron chi connectivity index (χ4n) is 1.60. The highest BCUT2D eigenvalue weighted by molar-refractivity contribution is 4.78. The largest absolute Gasteiger partial charge is 0.367 e. The first-order chi connectivity index (χ1) is 5.68. The van der Waals surface area contributed by atoms with Gasteiger partial charge in [0.1, 0.15) is 0 Å². The van der Waals surface area contributed by atoms with Gasteiger partial charge in [0.2, 0.25) is 0 Å². The standard InChI is InChI=1S/C8H18N2O2/c9-6-1-3-7(4-2-6)10-5-8(11)12/h6-8,10-12H,1-5,9H2. The predicted molar refractivity (Wildman–Crippen MR) is 46.5 cm³/mol. The molecule has 0 unspecified atom stereocenters. The third kappa shape index (κ3) is 3.49. The first-order valence-corrected chi connectivity index (χ1v) is 4.53. The number of nitrogens with two attached hydrogens (primary N) is 1. The SMILES string of the molecule is NC1CCC(NCC(O)O)CC1. The molecule has 1 aliphatic carbocycles. The molecule has 12 heavy (non-hydrogen) atoms. The Kier molecular flexibility index (Phi) is 3.94. The molecule has 1 rings (SSSR count). The van der Waals surface area contributed by atoms with Crippen molar-refractivity contribution >= 4 is 0 Å². The Bertz CT molecular complexity index is 122. The number of hydrogen-bond acceptors (Lipinski definition) is 4. The van der Waals surface area contributed by atoms with Crippen LogP contribution in [0.4, 0.5) is 0 Å². The first-order valence-electron chi connectivity index (χ1n) is 4.53. The van der Waals surface area contributed by atoms with Crippen LogP contribution in [0.25, 0.3) is 0 Å². The van der Waals surface area contributed by atoms with Crippen molar-refractivity contribution in [1.82, 2.24) is 5.32 Å². The molecule has 72 valence electrons. The molecule has 0 spiro atoms. The van der Waals surface area contributed by atoms with Gasteiger partial charge in [0.25, 0.3) is 0 Å². The topological polar surface area (TPSA) is 78.5 Å². The van der Waals surface area contributed by atoms with Crippen molar-refractivity contribution in [3.05, 3.63) is 0 Å². The molecule has 1 fully saturated rings. The van der Waals surface area contributed by atoms with E-state index in [1.54, 1.807) is 0 Å². The van der Waals surface area contributed by atoms with Crippen LogP contribution >= 0.6 is 0 Å². The molecule has 0 atom stereocenters. The van der Waals surface area contributed by atoms with E-state index in [1.807, 2.05) is 0 Å². The zero-order valence-electron chi connectivity index (χ0n) is 7.24. The Hall–Kier alpha value is -0.160. The van der Waals surface area contributed by atoms with Crippen LogP contribution in [0.15, 0.2) is 0 Å². The van der Waals surface area contributed by atoms with Crippen LogP contribution in [0, 0.1) is 0 Å². The zero-order valence-corrected chi connectivity index (χ0v) is 7.24. The molecule has 0 bridgehead atoms. The fraction of sp³-hybridized carbons (Fsp3) is 1.00. The number of nitrogens with one attached hydrogen (secondary N) is 1. The van der Waals surface area contributed by atoms with Gasteiger partial charge in [-0.15, -0.1) is 0 Å². The van der Waals surface area contributed by atoms with Gasteiger partial charge in [0.15, 0.2) is 6.29 Å². The summed E-state index contributed by atoms with van der Waals surface area (Å²) < 4.78 is 0. The lowest BCUT2D eigenvalue weighted by Crippen LogP contribution is -2.40. The summed E-state index contributed by atoms with van der Waals surface area (Å²) >= 11 is 0. The van der Waals surface area contributed by atoms with E-state index in [0.29, 0.717) is 12.1 Å². The normalized spacial score (nSPS) is 31.0. The second-order valence-electron chi connectivity index (χ2n) is 3.50. The van der Waals surface area contributed by atoms with E-state index < -0.39 is 6.29 Å². The third-order valence-electron chi connectivity index (χ3n) is 2.36. The van der Waals surface area contributed by atoms with Crippen molar-refractivity contribution in [2.24, 2.45) is 5.73 Å². The Balaban J connectivity index is 2.09. The summed E-state index contributed by atoms with van der Waals surface area (Å²) in [6.07, 6.45) is 2.95. The van der Waals surface area contributed by atoms with Crippen LogP contribution in [0.5, 0.6) is 0 Å². The predicted octanol–water partition coefficient (Wildman–Crippen LogP) is -0.843. The third-order valence-corrected chi connectivity index (χ3v) is 2.36. The van der Waals surface area contributed by atoms with Crippen molar-refractivity contribution in [3.8, 4) is 0 Å². The minimum Gasteiger partial charge on any atom is -0.367 e. The molecule has 0 aromatic heterocycles. The average Bonchev–Trinajstić information content (AvgIpc) is 2.03. The molecule has 0 aromatic rings. The van der Waals surface area contributed by atoms with Crippen molar-refractivity contribution in [2.75, 3.05) is 6.54 Å². The number of aliphatic hydroxyl groups excluding tert-OH is 1. The van der Waals surface area contributed by atoms with Crippen LogP contribution in [0.2, 0.25) is 0 Å². The molecule has 0 saturated heterocycles.